The molecule has 0 saturated carbocycles. The Morgan fingerprint density at radius 2 is 2.11 bits per heavy atom. The van der Waals surface area contributed by atoms with Crippen LogP contribution < -0.4 is 10.6 Å². The average molecular weight is 258 g/mol. The predicted molar refractivity (Wildman–Crippen MR) is 79.7 cm³/mol. The molecule has 1 fully saturated rings. The molecule has 19 heavy (non-hydrogen) atoms. The number of hydrogen-bond donors (Lipinski definition) is 1. The molecule has 0 aliphatic carbocycles. The van der Waals surface area contributed by atoms with Crippen LogP contribution in [0.25, 0.3) is 0 Å². The first-order chi connectivity index (χ1) is 9.28. The van der Waals surface area contributed by atoms with Crippen LogP contribution in [-0.2, 0) is 0 Å². The molecule has 0 aromatic heterocycles. The van der Waals surface area contributed by atoms with E-state index in [-0.39, 0.29) is 0 Å². The van der Waals surface area contributed by atoms with Gasteiger partial charge < -0.3 is 10.6 Å². The molecule has 1 aromatic rings. The molecule has 102 valence electrons. The van der Waals surface area contributed by atoms with Crippen LogP contribution in [0.2, 0.25) is 0 Å². The molecule has 2 aliphatic heterocycles. The van der Waals surface area contributed by atoms with E-state index in [0.717, 1.165) is 26.2 Å². The molecule has 2 aliphatic rings. The fraction of sp³-hybridized carbons (Fsp3) is 0.533. The number of aliphatic imine (C=N–C) groups is 1. The van der Waals surface area contributed by atoms with E-state index >= 15 is 0 Å². The van der Waals surface area contributed by atoms with Gasteiger partial charge in [-0.1, -0.05) is 12.1 Å². The maximum absolute atomic E-state index is 5.80. The summed E-state index contributed by atoms with van der Waals surface area (Å²) < 4.78 is 0. The third-order valence-electron chi connectivity index (χ3n) is 4.27. The number of rotatable bonds is 3. The Balaban J connectivity index is 1.73. The molecule has 4 nitrogen and oxygen atoms in total. The SMILES string of the molecule is CN1CC(CN)CC1c1ccc(N2C=NCC2)cc1. The van der Waals surface area contributed by atoms with Crippen LogP contribution >= 0.6 is 0 Å². The second-order valence-electron chi connectivity index (χ2n) is 5.60. The van der Waals surface area contributed by atoms with Gasteiger partial charge in [-0.15, -0.1) is 0 Å². The third kappa shape index (κ3) is 2.51. The molecule has 0 amide bonds. The second kappa shape index (κ2) is 5.31. The summed E-state index contributed by atoms with van der Waals surface area (Å²) in [6.07, 6.45) is 3.11. The van der Waals surface area contributed by atoms with Gasteiger partial charge in [0.1, 0.15) is 0 Å². The molecular formula is C15H22N4. The summed E-state index contributed by atoms with van der Waals surface area (Å²) in [6, 6.07) is 9.44. The predicted octanol–water partition coefficient (Wildman–Crippen LogP) is 1.49. The lowest BCUT2D eigenvalue weighted by molar-refractivity contribution is 0.313. The van der Waals surface area contributed by atoms with Crippen molar-refractivity contribution >= 4 is 12.0 Å². The van der Waals surface area contributed by atoms with Crippen molar-refractivity contribution in [3.63, 3.8) is 0 Å². The van der Waals surface area contributed by atoms with Crippen LogP contribution in [0, 0.1) is 5.92 Å². The van der Waals surface area contributed by atoms with Crippen molar-refractivity contribution in [2.45, 2.75) is 12.5 Å². The number of hydrogen-bond acceptors (Lipinski definition) is 4. The zero-order valence-electron chi connectivity index (χ0n) is 11.5. The lowest BCUT2D eigenvalue weighted by atomic mass is 9.99. The Bertz CT molecular complexity index is 454. The molecule has 4 heteroatoms. The molecule has 3 rings (SSSR count). The van der Waals surface area contributed by atoms with E-state index < -0.39 is 0 Å². The molecule has 0 radical (unpaired) electrons. The summed E-state index contributed by atoms with van der Waals surface area (Å²) in [5.41, 5.74) is 8.43. The molecule has 2 unspecified atom stereocenters. The summed E-state index contributed by atoms with van der Waals surface area (Å²) in [6.45, 7) is 3.81. The highest BCUT2D eigenvalue weighted by Crippen LogP contribution is 2.34. The number of likely N-dealkylation sites (tertiary alicyclic amines) is 1. The first-order valence-electron chi connectivity index (χ1n) is 7.05. The van der Waals surface area contributed by atoms with Crippen LogP contribution in [0.5, 0.6) is 0 Å². The average Bonchev–Trinajstić information content (AvgIpc) is 3.08. The molecular weight excluding hydrogens is 236 g/mol. The number of nitrogens with zero attached hydrogens (tertiary/aromatic N) is 3. The van der Waals surface area contributed by atoms with Gasteiger partial charge in [-0.25, -0.2) is 0 Å². The van der Waals surface area contributed by atoms with Crippen LogP contribution in [0.1, 0.15) is 18.0 Å². The van der Waals surface area contributed by atoms with E-state index in [9.17, 15) is 0 Å². The normalized spacial score (nSPS) is 27.4. The lowest BCUT2D eigenvalue weighted by Gasteiger charge is -2.21. The third-order valence-corrected chi connectivity index (χ3v) is 4.27. The van der Waals surface area contributed by atoms with Crippen LogP contribution in [0.15, 0.2) is 29.3 Å². The number of benzene rings is 1. The Hall–Kier alpha value is -1.39. The molecule has 2 heterocycles. The van der Waals surface area contributed by atoms with Crippen LogP contribution in [-0.4, -0.2) is 44.5 Å². The summed E-state index contributed by atoms with van der Waals surface area (Å²) >= 11 is 0. The summed E-state index contributed by atoms with van der Waals surface area (Å²) in [4.78, 5) is 8.87. The van der Waals surface area contributed by atoms with E-state index in [1.807, 2.05) is 6.34 Å². The van der Waals surface area contributed by atoms with E-state index in [1.54, 1.807) is 0 Å². The maximum Gasteiger partial charge on any atom is 0.0895 e. The van der Waals surface area contributed by atoms with Gasteiger partial charge in [-0.2, -0.15) is 0 Å². The zero-order valence-corrected chi connectivity index (χ0v) is 11.5. The number of nitrogens with two attached hydrogens (primary N) is 1. The van der Waals surface area contributed by atoms with Crippen molar-refractivity contribution in [3.05, 3.63) is 29.8 Å². The summed E-state index contributed by atoms with van der Waals surface area (Å²) in [5, 5.41) is 0. The minimum atomic E-state index is 0.523. The highest BCUT2D eigenvalue weighted by Gasteiger charge is 2.29. The smallest absolute Gasteiger partial charge is 0.0895 e. The minimum Gasteiger partial charge on any atom is -0.331 e. The van der Waals surface area contributed by atoms with Gasteiger partial charge in [0.15, 0.2) is 0 Å². The highest BCUT2D eigenvalue weighted by molar-refractivity contribution is 5.80. The minimum absolute atomic E-state index is 0.523. The van der Waals surface area contributed by atoms with Crippen molar-refractivity contribution in [1.82, 2.24) is 4.90 Å². The molecule has 1 aromatic carbocycles. The van der Waals surface area contributed by atoms with Crippen molar-refractivity contribution < 1.29 is 0 Å². The maximum atomic E-state index is 5.80. The summed E-state index contributed by atoms with van der Waals surface area (Å²) in [7, 11) is 2.20. The van der Waals surface area contributed by atoms with Crippen LogP contribution in [0.3, 0.4) is 0 Å². The quantitative estimate of drug-likeness (QED) is 0.893. The highest BCUT2D eigenvalue weighted by atomic mass is 15.2. The Kier molecular flexibility index (Phi) is 3.53. The first-order valence-corrected chi connectivity index (χ1v) is 7.05. The van der Waals surface area contributed by atoms with Gasteiger partial charge in [0.05, 0.1) is 12.9 Å². The molecule has 1 saturated heterocycles. The molecule has 2 atom stereocenters. The van der Waals surface area contributed by atoms with Crippen molar-refractivity contribution in [1.29, 1.82) is 0 Å². The number of anilines is 1. The van der Waals surface area contributed by atoms with Gasteiger partial charge in [-0.05, 0) is 43.6 Å². The Morgan fingerprint density at radius 1 is 1.32 bits per heavy atom. The van der Waals surface area contributed by atoms with E-state index in [1.165, 1.54) is 17.7 Å². The molecule has 0 bridgehead atoms. The van der Waals surface area contributed by atoms with Crippen LogP contribution in [0.4, 0.5) is 5.69 Å². The second-order valence-corrected chi connectivity index (χ2v) is 5.60. The van der Waals surface area contributed by atoms with Gasteiger partial charge in [0, 0.05) is 24.8 Å². The van der Waals surface area contributed by atoms with Gasteiger partial charge in [0.2, 0.25) is 0 Å². The standard InChI is InChI=1S/C15H22N4/c1-18-10-12(9-16)8-15(18)13-2-4-14(5-3-13)19-7-6-17-11-19/h2-5,11-12,15H,6-10,16H2,1H3. The van der Waals surface area contributed by atoms with Crippen molar-refractivity contribution in [2.75, 3.05) is 38.1 Å². The van der Waals surface area contributed by atoms with E-state index in [0.29, 0.717) is 12.0 Å². The fourth-order valence-electron chi connectivity index (χ4n) is 3.13. The topological polar surface area (TPSA) is 44.9 Å². The van der Waals surface area contributed by atoms with E-state index in [2.05, 4.69) is 46.1 Å². The van der Waals surface area contributed by atoms with Crippen molar-refractivity contribution in [3.8, 4) is 0 Å². The van der Waals surface area contributed by atoms with Gasteiger partial charge >= 0.3 is 0 Å². The fourth-order valence-corrected chi connectivity index (χ4v) is 3.13. The lowest BCUT2D eigenvalue weighted by Crippen LogP contribution is -2.21. The van der Waals surface area contributed by atoms with Crippen molar-refractivity contribution in [2.24, 2.45) is 16.6 Å². The Labute approximate surface area is 114 Å². The first kappa shape index (κ1) is 12.6. The van der Waals surface area contributed by atoms with Gasteiger partial charge in [0.25, 0.3) is 0 Å². The largest absolute Gasteiger partial charge is 0.331 e. The Morgan fingerprint density at radius 3 is 2.68 bits per heavy atom. The van der Waals surface area contributed by atoms with Gasteiger partial charge in [-0.3, -0.25) is 9.89 Å². The summed E-state index contributed by atoms with van der Waals surface area (Å²) in [5.74, 6) is 0.639. The monoisotopic (exact) mass is 258 g/mol. The molecule has 2 N–H and O–H groups in total. The van der Waals surface area contributed by atoms with E-state index in [4.69, 9.17) is 5.73 Å². The molecule has 0 spiro atoms. The zero-order chi connectivity index (χ0) is 13.2.